The van der Waals surface area contributed by atoms with E-state index in [1.54, 1.807) is 6.26 Å². The molecule has 4 heteroatoms. The van der Waals surface area contributed by atoms with Crippen molar-refractivity contribution in [2.45, 2.75) is 46.2 Å². The SMILES string of the molecule is CC(C)CNCc1coc(N(C)C(C)C2CC2)n1. The molecule has 1 unspecified atom stereocenters. The molecule has 1 atom stereocenters. The summed E-state index contributed by atoms with van der Waals surface area (Å²) in [5.74, 6) is 1.48. The first-order valence-electron chi connectivity index (χ1n) is 6.96. The van der Waals surface area contributed by atoms with Crippen molar-refractivity contribution in [2.75, 3.05) is 18.5 Å². The lowest BCUT2D eigenvalue weighted by atomic mass is 10.2. The first-order valence-corrected chi connectivity index (χ1v) is 6.96. The van der Waals surface area contributed by atoms with Crippen LogP contribution in [0.15, 0.2) is 10.7 Å². The van der Waals surface area contributed by atoms with Crippen LogP contribution in [0, 0.1) is 11.8 Å². The Labute approximate surface area is 110 Å². The molecule has 1 aromatic heterocycles. The van der Waals surface area contributed by atoms with Crippen molar-refractivity contribution in [2.24, 2.45) is 11.8 Å². The van der Waals surface area contributed by atoms with E-state index in [2.05, 4.69) is 43.0 Å². The Bertz CT molecular complexity index is 371. The summed E-state index contributed by atoms with van der Waals surface area (Å²) >= 11 is 0. The minimum atomic E-state index is 0.528. The van der Waals surface area contributed by atoms with E-state index in [0.717, 1.165) is 30.7 Å². The van der Waals surface area contributed by atoms with Gasteiger partial charge in [-0.25, -0.2) is 0 Å². The summed E-state index contributed by atoms with van der Waals surface area (Å²) in [5.41, 5.74) is 0.987. The van der Waals surface area contributed by atoms with Gasteiger partial charge in [0.1, 0.15) is 6.26 Å². The Kier molecular flexibility index (Phi) is 4.27. The zero-order chi connectivity index (χ0) is 13.1. The number of aromatic nitrogens is 1. The fourth-order valence-corrected chi connectivity index (χ4v) is 2.10. The standard InChI is InChI=1S/C14H25N3O/c1-10(2)7-15-8-13-9-18-14(16-13)17(4)11(3)12-5-6-12/h9-12,15H,5-8H2,1-4H3. The summed E-state index contributed by atoms with van der Waals surface area (Å²) in [7, 11) is 2.07. The number of nitrogens with one attached hydrogen (secondary N) is 1. The Morgan fingerprint density at radius 1 is 1.44 bits per heavy atom. The van der Waals surface area contributed by atoms with Crippen LogP contribution in [0.3, 0.4) is 0 Å². The van der Waals surface area contributed by atoms with Gasteiger partial charge >= 0.3 is 0 Å². The van der Waals surface area contributed by atoms with Gasteiger partial charge in [-0.15, -0.1) is 0 Å². The average Bonchev–Trinajstić information content (AvgIpc) is 3.07. The van der Waals surface area contributed by atoms with E-state index in [0.29, 0.717) is 12.0 Å². The van der Waals surface area contributed by atoms with Crippen LogP contribution in [-0.4, -0.2) is 24.6 Å². The molecule has 0 aliphatic heterocycles. The van der Waals surface area contributed by atoms with Gasteiger partial charge < -0.3 is 14.6 Å². The quantitative estimate of drug-likeness (QED) is 0.809. The molecule has 1 saturated carbocycles. The molecule has 0 aromatic carbocycles. The molecule has 1 N–H and O–H groups in total. The van der Waals surface area contributed by atoms with Gasteiger partial charge in [-0.2, -0.15) is 4.98 Å². The molecule has 0 amide bonds. The van der Waals surface area contributed by atoms with Crippen molar-refractivity contribution in [3.05, 3.63) is 12.0 Å². The molecule has 18 heavy (non-hydrogen) atoms. The molecule has 1 aliphatic rings. The van der Waals surface area contributed by atoms with Crippen molar-refractivity contribution in [1.82, 2.24) is 10.3 Å². The van der Waals surface area contributed by atoms with Gasteiger partial charge in [0.05, 0.1) is 5.69 Å². The van der Waals surface area contributed by atoms with Gasteiger partial charge in [0, 0.05) is 19.6 Å². The highest BCUT2D eigenvalue weighted by atomic mass is 16.4. The second-order valence-corrected chi connectivity index (χ2v) is 5.84. The van der Waals surface area contributed by atoms with Crippen LogP contribution in [0.5, 0.6) is 0 Å². The topological polar surface area (TPSA) is 41.3 Å². The number of hydrogen-bond acceptors (Lipinski definition) is 4. The lowest BCUT2D eigenvalue weighted by Gasteiger charge is -2.22. The van der Waals surface area contributed by atoms with Crippen LogP contribution in [0.4, 0.5) is 6.01 Å². The van der Waals surface area contributed by atoms with Crippen LogP contribution in [0.2, 0.25) is 0 Å². The number of oxazole rings is 1. The number of anilines is 1. The van der Waals surface area contributed by atoms with E-state index in [1.165, 1.54) is 12.8 Å². The summed E-state index contributed by atoms with van der Waals surface area (Å²) in [5, 5.41) is 3.38. The Balaban J connectivity index is 1.84. The lowest BCUT2D eigenvalue weighted by molar-refractivity contribution is 0.500. The minimum absolute atomic E-state index is 0.528. The molecule has 1 heterocycles. The summed E-state index contributed by atoms with van der Waals surface area (Å²) in [6.07, 6.45) is 4.45. The fourth-order valence-electron chi connectivity index (χ4n) is 2.10. The van der Waals surface area contributed by atoms with Crippen molar-refractivity contribution in [1.29, 1.82) is 0 Å². The highest BCUT2D eigenvalue weighted by molar-refractivity contribution is 5.28. The third kappa shape index (κ3) is 3.48. The summed E-state index contributed by atoms with van der Waals surface area (Å²) < 4.78 is 5.56. The number of nitrogens with zero attached hydrogens (tertiary/aromatic N) is 2. The van der Waals surface area contributed by atoms with Gasteiger partial charge in [-0.05, 0) is 38.1 Å². The van der Waals surface area contributed by atoms with Gasteiger partial charge in [-0.1, -0.05) is 13.8 Å². The van der Waals surface area contributed by atoms with Crippen LogP contribution in [-0.2, 0) is 6.54 Å². The van der Waals surface area contributed by atoms with Crippen molar-refractivity contribution in [3.8, 4) is 0 Å². The van der Waals surface area contributed by atoms with E-state index in [-0.39, 0.29) is 0 Å². The highest BCUT2D eigenvalue weighted by Gasteiger charge is 2.32. The van der Waals surface area contributed by atoms with E-state index < -0.39 is 0 Å². The lowest BCUT2D eigenvalue weighted by Crippen LogP contribution is -2.30. The van der Waals surface area contributed by atoms with Crippen LogP contribution in [0.1, 0.15) is 39.3 Å². The molecular weight excluding hydrogens is 226 g/mol. The van der Waals surface area contributed by atoms with E-state index in [1.807, 2.05) is 0 Å². The van der Waals surface area contributed by atoms with Crippen molar-refractivity contribution >= 4 is 6.01 Å². The molecule has 0 radical (unpaired) electrons. The van der Waals surface area contributed by atoms with E-state index >= 15 is 0 Å². The molecule has 1 aromatic rings. The maximum atomic E-state index is 5.56. The predicted octanol–water partition coefficient (Wildman–Crippen LogP) is 2.65. The predicted molar refractivity (Wildman–Crippen MR) is 73.6 cm³/mol. The third-order valence-corrected chi connectivity index (χ3v) is 3.62. The third-order valence-electron chi connectivity index (χ3n) is 3.62. The van der Waals surface area contributed by atoms with Crippen LogP contribution < -0.4 is 10.2 Å². The molecule has 0 spiro atoms. The monoisotopic (exact) mass is 251 g/mol. The summed E-state index contributed by atoms with van der Waals surface area (Å²) in [4.78, 5) is 6.69. The largest absolute Gasteiger partial charge is 0.432 e. The fraction of sp³-hybridized carbons (Fsp3) is 0.786. The first kappa shape index (κ1) is 13.4. The second-order valence-electron chi connectivity index (χ2n) is 5.84. The molecule has 4 nitrogen and oxygen atoms in total. The van der Waals surface area contributed by atoms with Gasteiger partial charge in [0.15, 0.2) is 0 Å². The molecular formula is C14H25N3O. The minimum Gasteiger partial charge on any atom is -0.432 e. The van der Waals surface area contributed by atoms with Crippen molar-refractivity contribution in [3.63, 3.8) is 0 Å². The average molecular weight is 251 g/mol. The number of rotatable bonds is 7. The Morgan fingerprint density at radius 2 is 2.17 bits per heavy atom. The van der Waals surface area contributed by atoms with E-state index in [9.17, 15) is 0 Å². The molecule has 0 saturated heterocycles. The van der Waals surface area contributed by atoms with Crippen molar-refractivity contribution < 1.29 is 4.42 Å². The molecule has 2 rings (SSSR count). The highest BCUT2D eigenvalue weighted by Crippen LogP contribution is 2.35. The Hall–Kier alpha value is -1.03. The zero-order valence-corrected chi connectivity index (χ0v) is 11.9. The maximum absolute atomic E-state index is 5.56. The second kappa shape index (κ2) is 5.74. The number of hydrogen-bond donors (Lipinski definition) is 1. The van der Waals surface area contributed by atoms with Crippen LogP contribution in [0.25, 0.3) is 0 Å². The van der Waals surface area contributed by atoms with Gasteiger partial charge in [0.2, 0.25) is 0 Å². The Morgan fingerprint density at radius 3 is 2.78 bits per heavy atom. The van der Waals surface area contributed by atoms with Crippen LogP contribution >= 0.6 is 0 Å². The first-order chi connectivity index (χ1) is 8.58. The maximum Gasteiger partial charge on any atom is 0.297 e. The summed E-state index contributed by atoms with van der Waals surface area (Å²) in [6, 6.07) is 1.27. The zero-order valence-electron chi connectivity index (χ0n) is 11.9. The van der Waals surface area contributed by atoms with Gasteiger partial charge in [0.25, 0.3) is 6.01 Å². The summed E-state index contributed by atoms with van der Waals surface area (Å²) in [6.45, 7) is 8.45. The smallest absolute Gasteiger partial charge is 0.297 e. The normalized spacial score (nSPS) is 17.2. The molecule has 0 bridgehead atoms. The molecule has 1 fully saturated rings. The van der Waals surface area contributed by atoms with E-state index in [4.69, 9.17) is 4.42 Å². The molecule has 102 valence electrons. The molecule has 1 aliphatic carbocycles. The van der Waals surface area contributed by atoms with Gasteiger partial charge in [-0.3, -0.25) is 0 Å².